The van der Waals surface area contributed by atoms with Gasteiger partial charge in [0.2, 0.25) is 5.91 Å². The Morgan fingerprint density at radius 3 is 2.76 bits per heavy atom. The molecule has 2 rings (SSSR count). The van der Waals surface area contributed by atoms with Crippen LogP contribution in [0.25, 0.3) is 0 Å². The van der Waals surface area contributed by atoms with Crippen LogP contribution < -0.4 is 10.6 Å². The van der Waals surface area contributed by atoms with Gasteiger partial charge in [0, 0.05) is 25.2 Å². The van der Waals surface area contributed by atoms with Gasteiger partial charge in [0.15, 0.2) is 0 Å². The number of carbonyl (C=O) groups excluding carboxylic acids is 1. The summed E-state index contributed by atoms with van der Waals surface area (Å²) in [4.78, 5) is 11.1. The van der Waals surface area contributed by atoms with Crippen LogP contribution in [-0.4, -0.2) is 11.9 Å². The molecule has 1 aliphatic rings. The van der Waals surface area contributed by atoms with Gasteiger partial charge >= 0.3 is 0 Å². The molecule has 1 saturated carbocycles. The first-order valence-corrected chi connectivity index (χ1v) is 6.25. The molecule has 1 unspecified atom stereocenters. The molecule has 3 heteroatoms. The maximum atomic E-state index is 11.1. The lowest BCUT2D eigenvalue weighted by Crippen LogP contribution is -2.27. The number of hydrogen-bond donors (Lipinski definition) is 2. The van der Waals surface area contributed by atoms with Crippen molar-refractivity contribution in [1.29, 1.82) is 0 Å². The highest BCUT2D eigenvalue weighted by Crippen LogP contribution is 2.32. The summed E-state index contributed by atoms with van der Waals surface area (Å²) >= 11 is 0. The van der Waals surface area contributed by atoms with Crippen molar-refractivity contribution < 1.29 is 4.79 Å². The Kier molecular flexibility index (Phi) is 3.79. The van der Waals surface area contributed by atoms with Crippen LogP contribution in [0, 0.1) is 5.92 Å². The SMILES string of the molecule is CC(=O)Nc1ccccc1CNC(C)C1CC1. The lowest BCUT2D eigenvalue weighted by atomic mass is 10.1. The Hall–Kier alpha value is -1.35. The van der Waals surface area contributed by atoms with Crippen LogP contribution in [0.15, 0.2) is 24.3 Å². The van der Waals surface area contributed by atoms with Crippen LogP contribution >= 0.6 is 0 Å². The van der Waals surface area contributed by atoms with Crippen molar-refractivity contribution in [2.24, 2.45) is 5.92 Å². The molecule has 17 heavy (non-hydrogen) atoms. The van der Waals surface area contributed by atoms with Crippen molar-refractivity contribution in [1.82, 2.24) is 5.32 Å². The first kappa shape index (κ1) is 12.1. The fraction of sp³-hybridized carbons (Fsp3) is 0.500. The van der Waals surface area contributed by atoms with E-state index in [1.807, 2.05) is 18.2 Å². The second-order valence-corrected chi connectivity index (χ2v) is 4.85. The molecule has 1 atom stereocenters. The Balaban J connectivity index is 1.96. The van der Waals surface area contributed by atoms with Gasteiger partial charge in [0.05, 0.1) is 0 Å². The smallest absolute Gasteiger partial charge is 0.221 e. The van der Waals surface area contributed by atoms with Crippen LogP contribution in [0.4, 0.5) is 5.69 Å². The van der Waals surface area contributed by atoms with E-state index in [1.54, 1.807) is 0 Å². The fourth-order valence-corrected chi connectivity index (χ4v) is 2.02. The summed E-state index contributed by atoms with van der Waals surface area (Å²) in [6, 6.07) is 8.52. The molecule has 0 saturated heterocycles. The molecule has 2 N–H and O–H groups in total. The standard InChI is InChI=1S/C14H20N2O/c1-10(12-7-8-12)15-9-13-5-3-4-6-14(13)16-11(2)17/h3-6,10,12,15H,7-9H2,1-2H3,(H,16,17). The van der Waals surface area contributed by atoms with Crippen molar-refractivity contribution in [3.63, 3.8) is 0 Å². The predicted octanol–water partition coefficient (Wildman–Crippen LogP) is 2.53. The van der Waals surface area contributed by atoms with Gasteiger partial charge in [-0.15, -0.1) is 0 Å². The maximum Gasteiger partial charge on any atom is 0.221 e. The van der Waals surface area contributed by atoms with Crippen LogP contribution in [0.3, 0.4) is 0 Å². The van der Waals surface area contributed by atoms with Gasteiger partial charge in [-0.05, 0) is 37.3 Å². The van der Waals surface area contributed by atoms with E-state index in [2.05, 4.69) is 23.6 Å². The summed E-state index contributed by atoms with van der Waals surface area (Å²) in [5, 5.41) is 6.39. The summed E-state index contributed by atoms with van der Waals surface area (Å²) < 4.78 is 0. The molecule has 0 spiro atoms. The quantitative estimate of drug-likeness (QED) is 0.819. The van der Waals surface area contributed by atoms with E-state index in [0.717, 1.165) is 23.7 Å². The van der Waals surface area contributed by atoms with Gasteiger partial charge in [0.25, 0.3) is 0 Å². The van der Waals surface area contributed by atoms with Crippen molar-refractivity contribution in [2.75, 3.05) is 5.32 Å². The Bertz CT molecular complexity index is 399. The van der Waals surface area contributed by atoms with Gasteiger partial charge in [0.1, 0.15) is 0 Å². The molecular formula is C14H20N2O. The van der Waals surface area contributed by atoms with Crippen molar-refractivity contribution in [3.05, 3.63) is 29.8 Å². The van der Waals surface area contributed by atoms with Crippen LogP contribution in [0.1, 0.15) is 32.3 Å². The summed E-state index contributed by atoms with van der Waals surface area (Å²) in [5.41, 5.74) is 2.06. The monoisotopic (exact) mass is 232 g/mol. The number of benzene rings is 1. The largest absolute Gasteiger partial charge is 0.326 e. The predicted molar refractivity (Wildman–Crippen MR) is 69.8 cm³/mol. The topological polar surface area (TPSA) is 41.1 Å². The van der Waals surface area contributed by atoms with E-state index in [4.69, 9.17) is 0 Å². The third kappa shape index (κ3) is 3.56. The zero-order valence-corrected chi connectivity index (χ0v) is 10.5. The summed E-state index contributed by atoms with van der Waals surface area (Å²) in [6.45, 7) is 4.59. The molecule has 0 bridgehead atoms. The van der Waals surface area contributed by atoms with E-state index in [-0.39, 0.29) is 5.91 Å². The highest BCUT2D eigenvalue weighted by atomic mass is 16.1. The van der Waals surface area contributed by atoms with E-state index >= 15 is 0 Å². The van der Waals surface area contributed by atoms with Gasteiger partial charge in [-0.25, -0.2) is 0 Å². The number of nitrogens with one attached hydrogen (secondary N) is 2. The minimum absolute atomic E-state index is 0.0207. The molecule has 0 aliphatic heterocycles. The molecule has 1 fully saturated rings. The summed E-state index contributed by atoms with van der Waals surface area (Å²) in [5.74, 6) is 0.829. The average Bonchev–Trinajstić information content (AvgIpc) is 3.10. The number of rotatable bonds is 5. The molecule has 1 aromatic carbocycles. The number of para-hydroxylation sites is 1. The molecule has 1 aliphatic carbocycles. The average molecular weight is 232 g/mol. The van der Waals surface area contributed by atoms with E-state index in [0.29, 0.717) is 6.04 Å². The number of amides is 1. The maximum absolute atomic E-state index is 11.1. The normalized spacial score (nSPS) is 16.6. The fourth-order valence-electron chi connectivity index (χ4n) is 2.02. The van der Waals surface area contributed by atoms with Crippen molar-refractivity contribution >= 4 is 11.6 Å². The van der Waals surface area contributed by atoms with Crippen LogP contribution in [-0.2, 0) is 11.3 Å². The third-order valence-corrected chi connectivity index (χ3v) is 3.27. The number of carbonyl (C=O) groups is 1. The molecule has 1 aromatic rings. The minimum Gasteiger partial charge on any atom is -0.326 e. The second kappa shape index (κ2) is 5.32. The first-order chi connectivity index (χ1) is 8.16. The summed E-state index contributed by atoms with van der Waals surface area (Å²) in [7, 11) is 0. The van der Waals surface area contributed by atoms with Crippen LogP contribution in [0.2, 0.25) is 0 Å². The molecule has 1 amide bonds. The zero-order valence-electron chi connectivity index (χ0n) is 10.5. The van der Waals surface area contributed by atoms with Gasteiger partial charge in [-0.3, -0.25) is 4.79 Å². The van der Waals surface area contributed by atoms with Crippen molar-refractivity contribution in [2.45, 2.75) is 39.3 Å². The highest BCUT2D eigenvalue weighted by molar-refractivity contribution is 5.89. The molecule has 0 radical (unpaired) electrons. The lowest BCUT2D eigenvalue weighted by Gasteiger charge is -2.15. The molecule has 3 nitrogen and oxygen atoms in total. The van der Waals surface area contributed by atoms with E-state index in [1.165, 1.54) is 19.8 Å². The van der Waals surface area contributed by atoms with Gasteiger partial charge in [-0.2, -0.15) is 0 Å². The van der Waals surface area contributed by atoms with Crippen LogP contribution in [0.5, 0.6) is 0 Å². The third-order valence-electron chi connectivity index (χ3n) is 3.27. The molecular weight excluding hydrogens is 212 g/mol. The minimum atomic E-state index is -0.0207. The lowest BCUT2D eigenvalue weighted by molar-refractivity contribution is -0.114. The van der Waals surface area contributed by atoms with E-state index in [9.17, 15) is 4.79 Å². The van der Waals surface area contributed by atoms with E-state index < -0.39 is 0 Å². The Morgan fingerprint density at radius 2 is 2.12 bits per heavy atom. The number of anilines is 1. The van der Waals surface area contributed by atoms with Gasteiger partial charge < -0.3 is 10.6 Å². The number of hydrogen-bond acceptors (Lipinski definition) is 2. The van der Waals surface area contributed by atoms with Gasteiger partial charge in [-0.1, -0.05) is 18.2 Å². The first-order valence-electron chi connectivity index (χ1n) is 6.25. The molecule has 0 heterocycles. The Morgan fingerprint density at radius 1 is 1.41 bits per heavy atom. The summed E-state index contributed by atoms with van der Waals surface area (Å²) in [6.07, 6.45) is 2.70. The molecule has 0 aromatic heterocycles. The highest BCUT2D eigenvalue weighted by Gasteiger charge is 2.27. The second-order valence-electron chi connectivity index (χ2n) is 4.85. The molecule has 92 valence electrons. The van der Waals surface area contributed by atoms with Crippen molar-refractivity contribution in [3.8, 4) is 0 Å². The Labute approximate surface area is 103 Å². The zero-order chi connectivity index (χ0) is 12.3.